The van der Waals surface area contributed by atoms with E-state index in [0.717, 1.165) is 10.4 Å². The molecule has 0 atom stereocenters. The fourth-order valence-corrected chi connectivity index (χ4v) is 2.90. The Kier molecular flexibility index (Phi) is 4.29. The molecule has 0 saturated carbocycles. The first-order valence-corrected chi connectivity index (χ1v) is 7.67. The van der Waals surface area contributed by atoms with Crippen molar-refractivity contribution < 1.29 is 9.47 Å². The molecule has 3 rings (SSSR count). The number of anilines is 1. The van der Waals surface area contributed by atoms with Gasteiger partial charge in [0.1, 0.15) is 0 Å². The van der Waals surface area contributed by atoms with E-state index in [-0.39, 0.29) is 5.56 Å². The molecule has 0 unspecified atom stereocenters. The molecule has 118 valence electrons. The zero-order valence-corrected chi connectivity index (χ0v) is 13.4. The summed E-state index contributed by atoms with van der Waals surface area (Å²) in [5, 5.41) is 4.18. The molecule has 0 amide bonds. The van der Waals surface area contributed by atoms with Gasteiger partial charge in [0, 0.05) is 12.1 Å². The van der Waals surface area contributed by atoms with Gasteiger partial charge in [0.05, 0.1) is 30.1 Å². The number of hydrogen-bond donors (Lipinski definition) is 2. The minimum Gasteiger partial charge on any atom is -0.493 e. The molecule has 0 spiro atoms. The van der Waals surface area contributed by atoms with Gasteiger partial charge in [-0.15, -0.1) is 11.3 Å². The van der Waals surface area contributed by atoms with Crippen LogP contribution < -0.4 is 25.1 Å². The largest absolute Gasteiger partial charge is 0.493 e. The van der Waals surface area contributed by atoms with Gasteiger partial charge in [-0.05, 0) is 12.1 Å². The van der Waals surface area contributed by atoms with Crippen LogP contribution in [0.4, 0.5) is 5.69 Å². The van der Waals surface area contributed by atoms with Crippen LogP contribution in [-0.4, -0.2) is 19.2 Å². The smallest absolute Gasteiger partial charge is 0.286 e. The number of para-hydroxylation sites is 1. The van der Waals surface area contributed by atoms with Crippen LogP contribution >= 0.6 is 11.3 Å². The highest BCUT2D eigenvalue weighted by Gasteiger charge is 2.08. The molecule has 0 aliphatic rings. The molecular formula is C16H15N3O3S. The van der Waals surface area contributed by atoms with Gasteiger partial charge in [-0.2, -0.15) is 5.10 Å². The molecule has 2 aromatic carbocycles. The molecule has 0 saturated heterocycles. The number of nitrogens with one attached hydrogen (secondary N) is 2. The lowest BCUT2D eigenvalue weighted by Crippen LogP contribution is -2.26. The summed E-state index contributed by atoms with van der Waals surface area (Å²) in [6.45, 7) is 0. The van der Waals surface area contributed by atoms with E-state index in [4.69, 9.17) is 9.47 Å². The molecule has 0 bridgehead atoms. The number of aromatic nitrogens is 1. The molecule has 7 heteroatoms. The average molecular weight is 329 g/mol. The van der Waals surface area contributed by atoms with Crippen molar-refractivity contribution in [2.24, 2.45) is 5.10 Å². The summed E-state index contributed by atoms with van der Waals surface area (Å²) in [6, 6.07) is 13.0. The van der Waals surface area contributed by atoms with Crippen molar-refractivity contribution in [2.45, 2.75) is 0 Å². The summed E-state index contributed by atoms with van der Waals surface area (Å²) < 4.78 is 11.7. The summed E-state index contributed by atoms with van der Waals surface area (Å²) in [5.74, 6) is 1.17. The average Bonchev–Trinajstić information content (AvgIpc) is 2.59. The number of aromatic amines is 1. The lowest BCUT2D eigenvalue weighted by atomic mass is 10.3. The Morgan fingerprint density at radius 3 is 2.48 bits per heavy atom. The Bertz CT molecular complexity index is 948. The van der Waals surface area contributed by atoms with Crippen LogP contribution in [0, 0.1) is 0 Å². The molecule has 1 aromatic heterocycles. The van der Waals surface area contributed by atoms with E-state index in [0.29, 0.717) is 21.7 Å². The second-order valence-corrected chi connectivity index (χ2v) is 5.68. The molecule has 0 aliphatic heterocycles. The number of methoxy groups -OCH3 is 2. The summed E-state index contributed by atoms with van der Waals surface area (Å²) >= 11 is 1.27. The third-order valence-corrected chi connectivity index (χ3v) is 4.22. The normalized spacial score (nSPS) is 11.5. The second-order valence-electron chi connectivity index (χ2n) is 4.65. The lowest BCUT2D eigenvalue weighted by Gasteiger charge is -2.08. The SMILES string of the molecule is COc1cc2[nH]c(=O)c(=NNc3ccccc3)sc2cc1OC. The maximum Gasteiger partial charge on any atom is 0.286 e. The molecule has 1 heterocycles. The zero-order chi connectivity index (χ0) is 16.2. The Balaban J connectivity index is 2.08. The standard InChI is InChI=1S/C16H15N3O3S/c1-21-12-8-11-14(9-13(12)22-2)23-16(15(20)17-11)19-18-10-6-4-3-5-7-10/h3-9,18H,1-2H3,(H,17,20). The van der Waals surface area contributed by atoms with Gasteiger partial charge >= 0.3 is 0 Å². The monoisotopic (exact) mass is 329 g/mol. The van der Waals surface area contributed by atoms with E-state index < -0.39 is 0 Å². The summed E-state index contributed by atoms with van der Waals surface area (Å²) in [6.07, 6.45) is 0. The number of H-pyrrole nitrogens is 1. The van der Waals surface area contributed by atoms with Crippen molar-refractivity contribution in [3.63, 3.8) is 0 Å². The fourth-order valence-electron chi connectivity index (χ4n) is 2.07. The van der Waals surface area contributed by atoms with Crippen LogP contribution in [-0.2, 0) is 0 Å². The third kappa shape index (κ3) is 3.19. The molecule has 23 heavy (non-hydrogen) atoms. The zero-order valence-electron chi connectivity index (χ0n) is 12.6. The Hall–Kier alpha value is -2.80. The van der Waals surface area contributed by atoms with Crippen molar-refractivity contribution in [1.29, 1.82) is 0 Å². The van der Waals surface area contributed by atoms with Crippen LogP contribution in [0.1, 0.15) is 0 Å². The molecule has 3 aromatic rings. The van der Waals surface area contributed by atoms with Crippen molar-refractivity contribution in [3.05, 3.63) is 57.5 Å². The van der Waals surface area contributed by atoms with Gasteiger partial charge < -0.3 is 14.5 Å². The fraction of sp³-hybridized carbons (Fsp3) is 0.125. The second kappa shape index (κ2) is 6.53. The van der Waals surface area contributed by atoms with E-state index in [1.807, 2.05) is 36.4 Å². The van der Waals surface area contributed by atoms with Crippen LogP contribution in [0.15, 0.2) is 52.4 Å². The van der Waals surface area contributed by atoms with E-state index in [1.165, 1.54) is 11.3 Å². The Labute approximate surface area is 136 Å². The topological polar surface area (TPSA) is 75.7 Å². The van der Waals surface area contributed by atoms with E-state index in [1.54, 1.807) is 20.3 Å². The highest BCUT2D eigenvalue weighted by atomic mass is 32.1. The van der Waals surface area contributed by atoms with Gasteiger partial charge in [0.25, 0.3) is 5.56 Å². The molecule has 0 radical (unpaired) electrons. The maximum atomic E-state index is 12.2. The van der Waals surface area contributed by atoms with Crippen molar-refractivity contribution in [2.75, 3.05) is 19.6 Å². The number of hydrogen-bond acceptors (Lipinski definition) is 6. The molecule has 2 N–H and O–H groups in total. The van der Waals surface area contributed by atoms with Crippen LogP contribution in [0.5, 0.6) is 11.5 Å². The minimum absolute atomic E-state index is 0.266. The number of nitrogens with zero attached hydrogens (tertiary/aromatic N) is 1. The van der Waals surface area contributed by atoms with Crippen LogP contribution in [0.2, 0.25) is 0 Å². The quantitative estimate of drug-likeness (QED) is 0.721. The van der Waals surface area contributed by atoms with E-state index in [9.17, 15) is 4.79 Å². The van der Waals surface area contributed by atoms with E-state index >= 15 is 0 Å². The first-order valence-electron chi connectivity index (χ1n) is 6.85. The van der Waals surface area contributed by atoms with Crippen LogP contribution in [0.25, 0.3) is 10.2 Å². The highest BCUT2D eigenvalue weighted by Crippen LogP contribution is 2.31. The van der Waals surface area contributed by atoms with Crippen molar-refractivity contribution >= 4 is 27.2 Å². The van der Waals surface area contributed by atoms with Gasteiger partial charge in [0.15, 0.2) is 11.5 Å². The number of rotatable bonds is 4. The molecule has 0 fully saturated rings. The van der Waals surface area contributed by atoms with Crippen molar-refractivity contribution in [3.8, 4) is 11.5 Å². The van der Waals surface area contributed by atoms with Crippen molar-refractivity contribution in [1.82, 2.24) is 4.98 Å². The Morgan fingerprint density at radius 1 is 1.09 bits per heavy atom. The van der Waals surface area contributed by atoms with Gasteiger partial charge in [-0.1, -0.05) is 18.2 Å². The third-order valence-electron chi connectivity index (χ3n) is 3.20. The van der Waals surface area contributed by atoms with Crippen LogP contribution in [0.3, 0.4) is 0 Å². The first kappa shape index (κ1) is 15.1. The maximum absolute atomic E-state index is 12.2. The summed E-state index contributed by atoms with van der Waals surface area (Å²) in [5.41, 5.74) is 4.10. The number of benzene rings is 2. The summed E-state index contributed by atoms with van der Waals surface area (Å²) in [4.78, 5) is 15.0. The molecule has 6 nitrogen and oxygen atoms in total. The van der Waals surface area contributed by atoms with Gasteiger partial charge in [-0.25, -0.2) is 0 Å². The highest BCUT2D eigenvalue weighted by molar-refractivity contribution is 7.16. The predicted octanol–water partition coefficient (Wildman–Crippen LogP) is 2.53. The van der Waals surface area contributed by atoms with E-state index in [2.05, 4.69) is 15.5 Å². The van der Waals surface area contributed by atoms with Gasteiger partial charge in [-0.3, -0.25) is 10.2 Å². The Morgan fingerprint density at radius 2 is 1.78 bits per heavy atom. The lowest BCUT2D eigenvalue weighted by molar-refractivity contribution is 0.356. The number of ether oxygens (including phenoxy) is 2. The number of fused-ring (bicyclic) bond motifs is 1. The van der Waals surface area contributed by atoms with Gasteiger partial charge in [0.2, 0.25) is 4.67 Å². The summed E-state index contributed by atoms with van der Waals surface area (Å²) in [7, 11) is 3.13. The minimum atomic E-state index is -0.266. The molecule has 0 aliphatic carbocycles. The first-order chi connectivity index (χ1) is 11.2. The predicted molar refractivity (Wildman–Crippen MR) is 91.2 cm³/mol. The molecular weight excluding hydrogens is 314 g/mol.